The number of hydrogen-bond acceptors (Lipinski definition) is 3. The Kier molecular flexibility index (Phi) is 2.32. The minimum absolute atomic E-state index is 0.0223. The second-order valence-electron chi connectivity index (χ2n) is 5.73. The van der Waals surface area contributed by atoms with Gasteiger partial charge in [-0.15, -0.1) is 0 Å². The molecular formula is C14H18O3. The number of cyclic esters (lactones) is 1. The summed E-state index contributed by atoms with van der Waals surface area (Å²) in [5, 5.41) is 0. The number of rotatable bonds is 1. The van der Waals surface area contributed by atoms with Crippen LogP contribution in [0.1, 0.15) is 44.8 Å². The summed E-state index contributed by atoms with van der Waals surface area (Å²) < 4.78 is 10.7. The van der Waals surface area contributed by atoms with Crippen LogP contribution in [0.5, 0.6) is 0 Å². The van der Waals surface area contributed by atoms with Crippen molar-refractivity contribution in [3.05, 3.63) is 24.2 Å². The normalized spacial score (nSPS) is 41.1. The van der Waals surface area contributed by atoms with Crippen LogP contribution in [0.2, 0.25) is 0 Å². The Balaban J connectivity index is 2.00. The average Bonchev–Trinajstić information content (AvgIpc) is 2.85. The van der Waals surface area contributed by atoms with E-state index in [1.54, 1.807) is 12.5 Å². The molecule has 2 heterocycles. The lowest BCUT2D eigenvalue weighted by molar-refractivity contribution is -0.145. The SMILES string of the molecule is CC1CCCC2(C)C(c3ccoc3)OC(=O)C12. The summed E-state index contributed by atoms with van der Waals surface area (Å²) >= 11 is 0. The van der Waals surface area contributed by atoms with E-state index in [0.717, 1.165) is 18.4 Å². The van der Waals surface area contributed by atoms with Crippen molar-refractivity contribution in [3.8, 4) is 0 Å². The summed E-state index contributed by atoms with van der Waals surface area (Å²) in [7, 11) is 0. The van der Waals surface area contributed by atoms with Crippen molar-refractivity contribution in [3.63, 3.8) is 0 Å². The van der Waals surface area contributed by atoms with Gasteiger partial charge in [-0.2, -0.15) is 0 Å². The lowest BCUT2D eigenvalue weighted by atomic mass is 9.61. The fraction of sp³-hybridized carbons (Fsp3) is 0.643. The highest BCUT2D eigenvalue weighted by Gasteiger charge is 2.57. The fourth-order valence-corrected chi connectivity index (χ4v) is 3.77. The maximum atomic E-state index is 12.1. The Morgan fingerprint density at radius 1 is 1.47 bits per heavy atom. The van der Waals surface area contributed by atoms with Gasteiger partial charge in [-0.1, -0.05) is 20.3 Å². The molecular weight excluding hydrogens is 216 g/mol. The van der Waals surface area contributed by atoms with Crippen LogP contribution >= 0.6 is 0 Å². The average molecular weight is 234 g/mol. The molecule has 2 fully saturated rings. The summed E-state index contributed by atoms with van der Waals surface area (Å²) in [5.74, 6) is 0.459. The second-order valence-corrected chi connectivity index (χ2v) is 5.73. The Labute approximate surface area is 101 Å². The molecule has 0 spiro atoms. The van der Waals surface area contributed by atoms with Gasteiger partial charge in [0.2, 0.25) is 0 Å². The largest absolute Gasteiger partial charge is 0.472 e. The number of carbonyl (C=O) groups is 1. The van der Waals surface area contributed by atoms with Gasteiger partial charge in [0.1, 0.15) is 6.10 Å². The van der Waals surface area contributed by atoms with Crippen molar-refractivity contribution in [2.75, 3.05) is 0 Å². The number of carbonyl (C=O) groups excluding carboxylic acids is 1. The number of ether oxygens (including phenoxy) is 1. The van der Waals surface area contributed by atoms with Gasteiger partial charge in [0.15, 0.2) is 0 Å². The van der Waals surface area contributed by atoms with Gasteiger partial charge in [-0.05, 0) is 24.8 Å². The third-order valence-electron chi connectivity index (χ3n) is 4.59. The van der Waals surface area contributed by atoms with E-state index >= 15 is 0 Å². The minimum atomic E-state index is -0.124. The molecule has 3 heteroatoms. The highest BCUT2D eigenvalue weighted by molar-refractivity contribution is 5.77. The quantitative estimate of drug-likeness (QED) is 0.700. The van der Waals surface area contributed by atoms with Crippen LogP contribution in [0.3, 0.4) is 0 Å². The number of hydrogen-bond donors (Lipinski definition) is 0. The Hall–Kier alpha value is -1.25. The first-order valence-corrected chi connectivity index (χ1v) is 6.35. The molecule has 0 N–H and O–H groups in total. The highest BCUT2D eigenvalue weighted by Crippen LogP contribution is 2.58. The molecule has 1 aliphatic carbocycles. The zero-order chi connectivity index (χ0) is 12.0. The maximum Gasteiger partial charge on any atom is 0.310 e. The molecule has 0 aromatic carbocycles. The summed E-state index contributed by atoms with van der Waals surface area (Å²) in [6, 6.07) is 1.91. The molecule has 1 saturated heterocycles. The maximum absolute atomic E-state index is 12.1. The summed E-state index contributed by atoms with van der Waals surface area (Å²) in [5.41, 5.74) is 0.941. The Morgan fingerprint density at radius 3 is 3.00 bits per heavy atom. The van der Waals surface area contributed by atoms with Crippen LogP contribution in [0.4, 0.5) is 0 Å². The van der Waals surface area contributed by atoms with Gasteiger partial charge < -0.3 is 9.15 Å². The monoisotopic (exact) mass is 234 g/mol. The van der Waals surface area contributed by atoms with Crippen molar-refractivity contribution in [2.24, 2.45) is 17.3 Å². The molecule has 0 bridgehead atoms. The van der Waals surface area contributed by atoms with Crippen LogP contribution in [0.25, 0.3) is 0 Å². The van der Waals surface area contributed by atoms with Crippen LogP contribution < -0.4 is 0 Å². The molecule has 92 valence electrons. The van der Waals surface area contributed by atoms with E-state index in [2.05, 4.69) is 13.8 Å². The zero-order valence-corrected chi connectivity index (χ0v) is 10.3. The summed E-state index contributed by atoms with van der Waals surface area (Å²) in [6.07, 6.45) is 6.59. The predicted molar refractivity (Wildman–Crippen MR) is 62.2 cm³/mol. The Bertz CT molecular complexity index is 423. The molecule has 4 atom stereocenters. The number of esters is 1. The van der Waals surface area contributed by atoms with E-state index < -0.39 is 0 Å². The molecule has 3 rings (SSSR count). The van der Waals surface area contributed by atoms with Gasteiger partial charge in [-0.25, -0.2) is 0 Å². The van der Waals surface area contributed by atoms with Crippen molar-refractivity contribution in [1.82, 2.24) is 0 Å². The van der Waals surface area contributed by atoms with E-state index in [1.807, 2.05) is 6.07 Å². The summed E-state index contributed by atoms with van der Waals surface area (Å²) in [6.45, 7) is 4.36. The topological polar surface area (TPSA) is 39.4 Å². The van der Waals surface area contributed by atoms with Crippen LogP contribution in [0.15, 0.2) is 23.0 Å². The molecule has 1 aromatic rings. The molecule has 2 aliphatic rings. The zero-order valence-electron chi connectivity index (χ0n) is 10.3. The third kappa shape index (κ3) is 1.44. The van der Waals surface area contributed by atoms with Crippen LogP contribution in [-0.2, 0) is 9.53 Å². The van der Waals surface area contributed by atoms with E-state index in [1.165, 1.54) is 6.42 Å². The lowest BCUT2D eigenvalue weighted by Gasteiger charge is -2.39. The highest BCUT2D eigenvalue weighted by atomic mass is 16.6. The molecule has 17 heavy (non-hydrogen) atoms. The minimum Gasteiger partial charge on any atom is -0.472 e. The van der Waals surface area contributed by atoms with Gasteiger partial charge >= 0.3 is 5.97 Å². The van der Waals surface area contributed by atoms with E-state index in [0.29, 0.717) is 5.92 Å². The van der Waals surface area contributed by atoms with E-state index in [-0.39, 0.29) is 23.4 Å². The number of fused-ring (bicyclic) bond motifs is 1. The third-order valence-corrected chi connectivity index (χ3v) is 4.59. The van der Waals surface area contributed by atoms with E-state index in [4.69, 9.17) is 9.15 Å². The smallest absolute Gasteiger partial charge is 0.310 e. The molecule has 1 saturated carbocycles. The molecule has 1 aliphatic heterocycles. The Morgan fingerprint density at radius 2 is 2.29 bits per heavy atom. The van der Waals surface area contributed by atoms with Gasteiger partial charge in [0.25, 0.3) is 0 Å². The van der Waals surface area contributed by atoms with Crippen LogP contribution in [0, 0.1) is 17.3 Å². The molecule has 4 unspecified atom stereocenters. The van der Waals surface area contributed by atoms with Crippen molar-refractivity contribution in [2.45, 2.75) is 39.2 Å². The van der Waals surface area contributed by atoms with Crippen molar-refractivity contribution in [1.29, 1.82) is 0 Å². The van der Waals surface area contributed by atoms with Crippen molar-refractivity contribution < 1.29 is 13.9 Å². The first-order chi connectivity index (χ1) is 8.13. The van der Waals surface area contributed by atoms with Crippen LogP contribution in [-0.4, -0.2) is 5.97 Å². The molecule has 0 amide bonds. The van der Waals surface area contributed by atoms with Crippen molar-refractivity contribution >= 4 is 5.97 Å². The lowest BCUT2D eigenvalue weighted by Crippen LogP contribution is -2.37. The van der Waals surface area contributed by atoms with E-state index in [9.17, 15) is 4.79 Å². The molecule has 3 nitrogen and oxygen atoms in total. The standard InChI is InChI=1S/C14H18O3/c1-9-4-3-6-14(2)11(9)13(15)17-12(14)10-5-7-16-8-10/h5,7-9,11-12H,3-4,6H2,1-2H3. The molecule has 0 radical (unpaired) electrons. The first-order valence-electron chi connectivity index (χ1n) is 6.35. The predicted octanol–water partition coefficient (Wildman–Crippen LogP) is 3.32. The van der Waals surface area contributed by atoms with Gasteiger partial charge in [0.05, 0.1) is 18.4 Å². The molecule has 1 aromatic heterocycles. The first kappa shape index (κ1) is 10.9. The van der Waals surface area contributed by atoms with Gasteiger partial charge in [-0.3, -0.25) is 4.79 Å². The fourth-order valence-electron chi connectivity index (χ4n) is 3.77. The summed E-state index contributed by atoms with van der Waals surface area (Å²) in [4.78, 5) is 12.1. The van der Waals surface area contributed by atoms with Gasteiger partial charge in [0, 0.05) is 11.0 Å². The number of furan rings is 1. The second kappa shape index (κ2) is 3.62.